The van der Waals surface area contributed by atoms with Crippen LogP contribution in [0.4, 0.5) is 4.39 Å². The minimum Gasteiger partial charge on any atom is -0.345 e. The van der Waals surface area contributed by atoms with Crippen LogP contribution < -0.4 is 0 Å². The quantitative estimate of drug-likeness (QED) is 0.714. The molecule has 1 heterocycles. The Bertz CT molecular complexity index is 490. The van der Waals surface area contributed by atoms with Gasteiger partial charge in [-0.2, -0.15) is 0 Å². The monoisotopic (exact) mass is 225 g/mol. The molecule has 1 nitrogen and oxygen atoms in total. The molecule has 80 valence electrons. The summed E-state index contributed by atoms with van der Waals surface area (Å²) in [6.45, 7) is 4.26. The Labute approximate surface area is 93.5 Å². The lowest BCUT2D eigenvalue weighted by Gasteiger charge is -2.12. The van der Waals surface area contributed by atoms with Crippen LogP contribution in [0.3, 0.4) is 0 Å². The minimum absolute atomic E-state index is 0.186. The number of fused-ring (bicyclic) bond motifs is 1. The van der Waals surface area contributed by atoms with E-state index in [9.17, 15) is 4.39 Å². The number of hydrogen-bond acceptors (Lipinski definition) is 0. The van der Waals surface area contributed by atoms with Gasteiger partial charge in [-0.05, 0) is 31.5 Å². The van der Waals surface area contributed by atoms with Crippen LogP contribution in [0.15, 0.2) is 24.4 Å². The van der Waals surface area contributed by atoms with E-state index < -0.39 is 0 Å². The molecule has 2 rings (SSSR count). The molecule has 0 saturated carbocycles. The van der Waals surface area contributed by atoms with Crippen molar-refractivity contribution in [3.8, 4) is 0 Å². The Balaban J connectivity index is 2.64. The van der Waals surface area contributed by atoms with Gasteiger partial charge in [0, 0.05) is 23.1 Å². The van der Waals surface area contributed by atoms with E-state index in [1.54, 1.807) is 6.07 Å². The first-order valence-electron chi connectivity index (χ1n) is 5.09. The summed E-state index contributed by atoms with van der Waals surface area (Å²) in [4.78, 5) is 0. The van der Waals surface area contributed by atoms with Crippen molar-refractivity contribution in [1.82, 2.24) is 4.57 Å². The number of rotatable bonds is 2. The predicted molar refractivity (Wildman–Crippen MR) is 61.9 cm³/mol. The largest absolute Gasteiger partial charge is 0.345 e. The molecule has 2 aromatic rings. The molecule has 0 saturated heterocycles. The third-order valence-electron chi connectivity index (χ3n) is 2.83. The molecule has 0 fully saturated rings. The maximum absolute atomic E-state index is 13.2. The van der Waals surface area contributed by atoms with E-state index in [-0.39, 0.29) is 10.8 Å². The molecule has 1 aromatic carbocycles. The maximum atomic E-state index is 13.2. The lowest BCUT2D eigenvalue weighted by atomic mass is 10.2. The smallest absolute Gasteiger partial charge is 0.142 e. The molecule has 0 bridgehead atoms. The van der Waals surface area contributed by atoms with Crippen molar-refractivity contribution in [2.75, 3.05) is 0 Å². The second-order valence-electron chi connectivity index (χ2n) is 3.81. The molecule has 0 aliphatic carbocycles. The molecule has 0 aliphatic rings. The van der Waals surface area contributed by atoms with Gasteiger partial charge >= 0.3 is 0 Å². The van der Waals surface area contributed by atoms with Gasteiger partial charge in [0.2, 0.25) is 0 Å². The minimum atomic E-state index is -0.355. The first kappa shape index (κ1) is 10.5. The molecule has 0 N–H and O–H groups in total. The van der Waals surface area contributed by atoms with Gasteiger partial charge < -0.3 is 4.57 Å². The van der Waals surface area contributed by atoms with Crippen molar-refractivity contribution in [3.05, 3.63) is 35.2 Å². The van der Waals surface area contributed by atoms with Crippen LogP contribution >= 0.6 is 11.6 Å². The first-order chi connectivity index (χ1) is 7.13. The Morgan fingerprint density at radius 1 is 1.47 bits per heavy atom. The van der Waals surface area contributed by atoms with Crippen molar-refractivity contribution in [2.45, 2.75) is 26.3 Å². The van der Waals surface area contributed by atoms with Crippen molar-refractivity contribution in [3.63, 3.8) is 0 Å². The average Bonchev–Trinajstić information content (AvgIpc) is 2.61. The standard InChI is InChI=1S/C12H13ClFN/c1-3-8(2)15-5-4-9-6-11(14)10(13)7-12(9)15/h4-8H,3H2,1-2H3. The molecule has 1 aromatic heterocycles. The van der Waals surface area contributed by atoms with E-state index in [0.29, 0.717) is 6.04 Å². The average molecular weight is 226 g/mol. The normalized spacial score (nSPS) is 13.3. The van der Waals surface area contributed by atoms with E-state index in [1.165, 1.54) is 6.07 Å². The summed E-state index contributed by atoms with van der Waals surface area (Å²) in [5.74, 6) is -0.355. The first-order valence-corrected chi connectivity index (χ1v) is 5.47. The van der Waals surface area contributed by atoms with Gasteiger partial charge in [0.05, 0.1) is 5.02 Å². The summed E-state index contributed by atoms with van der Waals surface area (Å²) in [6.07, 6.45) is 3.02. The zero-order chi connectivity index (χ0) is 11.0. The number of halogens is 2. The van der Waals surface area contributed by atoms with Crippen LogP contribution in [0, 0.1) is 5.82 Å². The van der Waals surface area contributed by atoms with Crippen molar-refractivity contribution >= 4 is 22.5 Å². The van der Waals surface area contributed by atoms with E-state index in [1.807, 2.05) is 12.3 Å². The van der Waals surface area contributed by atoms with Crippen LogP contribution in [0.2, 0.25) is 5.02 Å². The Morgan fingerprint density at radius 3 is 2.87 bits per heavy atom. The number of benzene rings is 1. The molecule has 0 radical (unpaired) electrons. The number of nitrogens with zero attached hydrogens (tertiary/aromatic N) is 1. The van der Waals surface area contributed by atoms with Gasteiger partial charge in [-0.15, -0.1) is 0 Å². The van der Waals surface area contributed by atoms with E-state index >= 15 is 0 Å². The van der Waals surface area contributed by atoms with Crippen molar-refractivity contribution in [1.29, 1.82) is 0 Å². The number of aromatic nitrogens is 1. The Morgan fingerprint density at radius 2 is 2.20 bits per heavy atom. The van der Waals surface area contributed by atoms with E-state index in [4.69, 9.17) is 11.6 Å². The highest BCUT2D eigenvalue weighted by atomic mass is 35.5. The second-order valence-corrected chi connectivity index (χ2v) is 4.21. The molecule has 0 spiro atoms. The van der Waals surface area contributed by atoms with Crippen molar-refractivity contribution < 1.29 is 4.39 Å². The fourth-order valence-electron chi connectivity index (χ4n) is 1.73. The summed E-state index contributed by atoms with van der Waals surface area (Å²) in [7, 11) is 0. The molecular weight excluding hydrogens is 213 g/mol. The van der Waals surface area contributed by atoms with Gasteiger partial charge in [0.25, 0.3) is 0 Å². The second kappa shape index (κ2) is 3.86. The van der Waals surface area contributed by atoms with Crippen LogP contribution in [0.1, 0.15) is 26.3 Å². The Kier molecular flexibility index (Phi) is 2.70. The topological polar surface area (TPSA) is 4.93 Å². The van der Waals surface area contributed by atoms with E-state index in [2.05, 4.69) is 18.4 Å². The van der Waals surface area contributed by atoms with Gasteiger partial charge in [-0.1, -0.05) is 18.5 Å². The third kappa shape index (κ3) is 1.74. The van der Waals surface area contributed by atoms with Gasteiger partial charge in [0.1, 0.15) is 5.82 Å². The van der Waals surface area contributed by atoms with Crippen molar-refractivity contribution in [2.24, 2.45) is 0 Å². The van der Waals surface area contributed by atoms with Crippen LogP contribution in [0.25, 0.3) is 10.9 Å². The summed E-state index contributed by atoms with van der Waals surface area (Å²) in [5.41, 5.74) is 0.996. The van der Waals surface area contributed by atoms with Crippen LogP contribution in [-0.2, 0) is 0 Å². The predicted octanol–water partition coefficient (Wildman–Crippen LogP) is 4.40. The summed E-state index contributed by atoms with van der Waals surface area (Å²) in [5, 5.41) is 1.09. The molecule has 1 atom stereocenters. The third-order valence-corrected chi connectivity index (χ3v) is 3.12. The highest BCUT2D eigenvalue weighted by Gasteiger charge is 2.09. The molecule has 3 heteroatoms. The van der Waals surface area contributed by atoms with Gasteiger partial charge in [-0.25, -0.2) is 4.39 Å². The summed E-state index contributed by atoms with van der Waals surface area (Å²) < 4.78 is 15.3. The van der Waals surface area contributed by atoms with E-state index in [0.717, 1.165) is 17.3 Å². The zero-order valence-corrected chi connectivity index (χ0v) is 9.55. The molecular formula is C12H13ClFN. The fraction of sp³-hybridized carbons (Fsp3) is 0.333. The molecule has 15 heavy (non-hydrogen) atoms. The summed E-state index contributed by atoms with van der Waals surface area (Å²) in [6, 6.07) is 5.50. The zero-order valence-electron chi connectivity index (χ0n) is 8.80. The maximum Gasteiger partial charge on any atom is 0.142 e. The van der Waals surface area contributed by atoms with Crippen LogP contribution in [0.5, 0.6) is 0 Å². The molecule has 0 amide bonds. The molecule has 0 aliphatic heterocycles. The lowest BCUT2D eigenvalue weighted by molar-refractivity contribution is 0.548. The Hall–Kier alpha value is -1.02. The summed E-state index contributed by atoms with van der Waals surface area (Å²) >= 11 is 5.78. The highest BCUT2D eigenvalue weighted by Crippen LogP contribution is 2.26. The molecule has 1 unspecified atom stereocenters. The van der Waals surface area contributed by atoms with Gasteiger partial charge in [-0.3, -0.25) is 0 Å². The number of hydrogen-bond donors (Lipinski definition) is 0. The highest BCUT2D eigenvalue weighted by molar-refractivity contribution is 6.31. The van der Waals surface area contributed by atoms with Gasteiger partial charge in [0.15, 0.2) is 0 Å². The van der Waals surface area contributed by atoms with Crippen LogP contribution in [-0.4, -0.2) is 4.57 Å². The lowest BCUT2D eigenvalue weighted by Crippen LogP contribution is -2.01. The fourth-order valence-corrected chi connectivity index (χ4v) is 1.89. The SMILES string of the molecule is CCC(C)n1ccc2cc(F)c(Cl)cc21.